The van der Waals surface area contributed by atoms with Crippen LogP contribution in [0.1, 0.15) is 6.42 Å². The van der Waals surface area contributed by atoms with Crippen LogP contribution in [-0.4, -0.2) is 39.7 Å². The van der Waals surface area contributed by atoms with Crippen molar-refractivity contribution >= 4 is 39.1 Å². The van der Waals surface area contributed by atoms with E-state index < -0.39 is 0 Å². The van der Waals surface area contributed by atoms with E-state index in [0.717, 1.165) is 40.5 Å². The van der Waals surface area contributed by atoms with Crippen LogP contribution in [0.15, 0.2) is 42.7 Å². The molecule has 0 unspecified atom stereocenters. The maximum Gasteiger partial charge on any atom is 0.138 e. The zero-order valence-corrected chi connectivity index (χ0v) is 14.4. The first-order valence-electron chi connectivity index (χ1n) is 7.61. The van der Waals surface area contributed by atoms with E-state index in [1.165, 1.54) is 10.4 Å². The number of hydrogen-bond acceptors (Lipinski definition) is 6. The van der Waals surface area contributed by atoms with Gasteiger partial charge >= 0.3 is 0 Å². The summed E-state index contributed by atoms with van der Waals surface area (Å²) in [4.78, 5) is 11.0. The number of hydrogen-bond donors (Lipinski definition) is 2. The zero-order valence-electron chi connectivity index (χ0n) is 12.7. The minimum absolute atomic E-state index is 0.268. The summed E-state index contributed by atoms with van der Waals surface area (Å²) in [6.07, 6.45) is 2.47. The Labute approximate surface area is 144 Å². The molecular formula is C17H19N3OS2. The molecule has 0 saturated heterocycles. The first-order chi connectivity index (χ1) is 11.4. The Bertz CT molecular complexity index is 746. The highest BCUT2D eigenvalue weighted by Gasteiger charge is 2.09. The molecule has 2 aromatic heterocycles. The molecule has 0 aliphatic rings. The molecule has 0 fully saturated rings. The molecule has 3 aromatic rings. The molecule has 0 saturated carbocycles. The number of benzene rings is 1. The summed E-state index contributed by atoms with van der Waals surface area (Å²) in [5, 5.41) is 13.3. The third kappa shape index (κ3) is 4.22. The molecule has 2 N–H and O–H groups in total. The van der Waals surface area contributed by atoms with Gasteiger partial charge in [0, 0.05) is 23.8 Å². The van der Waals surface area contributed by atoms with Crippen molar-refractivity contribution in [3.63, 3.8) is 0 Å². The standard InChI is InChI=1S/C17H19N3OS2/c21-8-4-9-22-10-7-18-16-14-11-15(13-5-2-1-3-6-13)23-17(14)20-12-19-16/h1-3,5-6,11-12,21H,4,7-10H2,(H,18,19,20). The van der Waals surface area contributed by atoms with Gasteiger partial charge in [-0.3, -0.25) is 0 Å². The number of aliphatic hydroxyl groups excluding tert-OH is 1. The van der Waals surface area contributed by atoms with Gasteiger partial charge in [-0.15, -0.1) is 11.3 Å². The Kier molecular flexibility index (Phi) is 5.85. The number of thiophene rings is 1. The third-order valence-electron chi connectivity index (χ3n) is 3.37. The Hall–Kier alpha value is -1.63. The van der Waals surface area contributed by atoms with Crippen LogP contribution in [-0.2, 0) is 0 Å². The highest BCUT2D eigenvalue weighted by atomic mass is 32.2. The van der Waals surface area contributed by atoms with Crippen LogP contribution in [0.25, 0.3) is 20.7 Å². The molecule has 3 rings (SSSR count). The maximum atomic E-state index is 8.77. The van der Waals surface area contributed by atoms with Gasteiger partial charge in [-0.25, -0.2) is 9.97 Å². The van der Waals surface area contributed by atoms with Crippen molar-refractivity contribution in [2.45, 2.75) is 6.42 Å². The van der Waals surface area contributed by atoms with Crippen molar-refractivity contribution in [3.8, 4) is 10.4 Å². The SMILES string of the molecule is OCCCSCCNc1ncnc2sc(-c3ccccc3)cc12. The Morgan fingerprint density at radius 3 is 2.83 bits per heavy atom. The Morgan fingerprint density at radius 1 is 1.13 bits per heavy atom. The van der Waals surface area contributed by atoms with Crippen LogP contribution >= 0.6 is 23.1 Å². The summed E-state index contributed by atoms with van der Waals surface area (Å²) in [5.41, 5.74) is 1.21. The number of fused-ring (bicyclic) bond motifs is 1. The van der Waals surface area contributed by atoms with Gasteiger partial charge < -0.3 is 10.4 Å². The molecule has 0 aliphatic carbocycles. The number of aromatic nitrogens is 2. The van der Waals surface area contributed by atoms with E-state index in [1.807, 2.05) is 30.0 Å². The van der Waals surface area contributed by atoms with Crippen LogP contribution in [0.2, 0.25) is 0 Å². The molecule has 2 heterocycles. The molecule has 0 bridgehead atoms. The van der Waals surface area contributed by atoms with Gasteiger partial charge in [-0.1, -0.05) is 30.3 Å². The molecule has 6 heteroatoms. The number of rotatable bonds is 8. The fraction of sp³-hybridized carbons (Fsp3) is 0.294. The van der Waals surface area contributed by atoms with Crippen LogP contribution in [0, 0.1) is 0 Å². The number of anilines is 1. The second kappa shape index (κ2) is 8.29. The summed E-state index contributed by atoms with van der Waals surface area (Å²) in [7, 11) is 0. The largest absolute Gasteiger partial charge is 0.396 e. The molecule has 23 heavy (non-hydrogen) atoms. The summed E-state index contributed by atoms with van der Waals surface area (Å²) >= 11 is 3.53. The second-order valence-electron chi connectivity index (χ2n) is 5.03. The normalized spacial score (nSPS) is 11.0. The lowest BCUT2D eigenvalue weighted by molar-refractivity contribution is 0.296. The Balaban J connectivity index is 1.70. The lowest BCUT2D eigenvalue weighted by atomic mass is 10.2. The molecule has 4 nitrogen and oxygen atoms in total. The number of nitrogens with one attached hydrogen (secondary N) is 1. The fourth-order valence-electron chi connectivity index (χ4n) is 2.25. The summed E-state index contributed by atoms with van der Waals surface area (Å²) in [6.45, 7) is 1.13. The lowest BCUT2D eigenvalue weighted by Crippen LogP contribution is -2.06. The number of nitrogens with zero attached hydrogens (tertiary/aromatic N) is 2. The van der Waals surface area contributed by atoms with Gasteiger partial charge in [-0.2, -0.15) is 11.8 Å². The molecule has 0 amide bonds. The van der Waals surface area contributed by atoms with Crippen molar-refractivity contribution < 1.29 is 5.11 Å². The predicted molar refractivity (Wildman–Crippen MR) is 100 cm³/mol. The summed E-state index contributed by atoms with van der Waals surface area (Å²) < 4.78 is 0. The summed E-state index contributed by atoms with van der Waals surface area (Å²) in [6, 6.07) is 12.5. The van der Waals surface area contributed by atoms with Crippen LogP contribution in [0.5, 0.6) is 0 Å². The molecule has 0 radical (unpaired) electrons. The average molecular weight is 345 g/mol. The van der Waals surface area contributed by atoms with Gasteiger partial charge in [0.1, 0.15) is 17.0 Å². The maximum absolute atomic E-state index is 8.77. The van der Waals surface area contributed by atoms with E-state index >= 15 is 0 Å². The van der Waals surface area contributed by atoms with E-state index in [4.69, 9.17) is 5.11 Å². The van der Waals surface area contributed by atoms with E-state index in [2.05, 4.69) is 33.5 Å². The van der Waals surface area contributed by atoms with Crippen molar-refractivity contribution in [2.75, 3.05) is 30.0 Å². The van der Waals surface area contributed by atoms with Crippen molar-refractivity contribution in [1.82, 2.24) is 9.97 Å². The van der Waals surface area contributed by atoms with Crippen LogP contribution in [0.4, 0.5) is 5.82 Å². The smallest absolute Gasteiger partial charge is 0.138 e. The monoisotopic (exact) mass is 345 g/mol. The topological polar surface area (TPSA) is 58.0 Å². The summed E-state index contributed by atoms with van der Waals surface area (Å²) in [5.74, 6) is 2.89. The molecule has 1 aromatic carbocycles. The minimum atomic E-state index is 0.268. The average Bonchev–Trinajstić information content (AvgIpc) is 3.04. The minimum Gasteiger partial charge on any atom is -0.396 e. The highest BCUT2D eigenvalue weighted by Crippen LogP contribution is 2.34. The highest BCUT2D eigenvalue weighted by molar-refractivity contribution is 7.99. The molecule has 0 aliphatic heterocycles. The van der Waals surface area contributed by atoms with Crippen molar-refractivity contribution in [3.05, 3.63) is 42.7 Å². The predicted octanol–water partition coefficient (Wildman–Crippen LogP) is 3.89. The first kappa shape index (κ1) is 16.2. The molecular weight excluding hydrogens is 326 g/mol. The zero-order chi connectivity index (χ0) is 15.9. The van der Waals surface area contributed by atoms with E-state index in [0.29, 0.717) is 0 Å². The van der Waals surface area contributed by atoms with E-state index in [-0.39, 0.29) is 6.61 Å². The van der Waals surface area contributed by atoms with E-state index in [1.54, 1.807) is 17.7 Å². The second-order valence-corrected chi connectivity index (χ2v) is 7.29. The van der Waals surface area contributed by atoms with Crippen molar-refractivity contribution in [1.29, 1.82) is 0 Å². The van der Waals surface area contributed by atoms with E-state index in [9.17, 15) is 0 Å². The van der Waals surface area contributed by atoms with Crippen molar-refractivity contribution in [2.24, 2.45) is 0 Å². The number of thioether (sulfide) groups is 1. The van der Waals surface area contributed by atoms with Gasteiger partial charge in [0.25, 0.3) is 0 Å². The van der Waals surface area contributed by atoms with Crippen LogP contribution in [0.3, 0.4) is 0 Å². The van der Waals surface area contributed by atoms with Gasteiger partial charge in [0.2, 0.25) is 0 Å². The third-order valence-corrected chi connectivity index (χ3v) is 5.54. The lowest BCUT2D eigenvalue weighted by Gasteiger charge is -2.05. The molecule has 0 atom stereocenters. The quantitative estimate of drug-likeness (QED) is 0.607. The number of aliphatic hydroxyl groups is 1. The fourth-order valence-corrected chi connectivity index (χ4v) is 4.04. The van der Waals surface area contributed by atoms with Crippen LogP contribution < -0.4 is 5.32 Å². The van der Waals surface area contributed by atoms with Gasteiger partial charge in [-0.05, 0) is 23.8 Å². The Morgan fingerprint density at radius 2 is 2.00 bits per heavy atom. The first-order valence-corrected chi connectivity index (χ1v) is 9.58. The molecule has 120 valence electrons. The van der Waals surface area contributed by atoms with Gasteiger partial charge in [0.05, 0.1) is 5.39 Å². The van der Waals surface area contributed by atoms with Gasteiger partial charge in [0.15, 0.2) is 0 Å². The molecule has 0 spiro atoms.